The molecule has 0 bridgehead atoms. The summed E-state index contributed by atoms with van der Waals surface area (Å²) in [6.45, 7) is 3.16. The third kappa shape index (κ3) is 4.99. The molecule has 2 amide bonds. The topological polar surface area (TPSA) is 90.2 Å². The number of nitrogens with one attached hydrogen (secondary N) is 2. The minimum absolute atomic E-state index is 0.0825. The van der Waals surface area contributed by atoms with E-state index in [0.717, 1.165) is 5.56 Å². The van der Waals surface area contributed by atoms with Gasteiger partial charge in [0.25, 0.3) is 0 Å². The lowest BCUT2D eigenvalue weighted by Gasteiger charge is -2.17. The summed E-state index contributed by atoms with van der Waals surface area (Å²) in [7, 11) is 0. The first-order chi connectivity index (χ1) is 15.5. The zero-order valence-electron chi connectivity index (χ0n) is 17.9. The number of carbonyl (C=O) groups is 1. The van der Waals surface area contributed by atoms with Crippen molar-refractivity contribution in [2.75, 3.05) is 11.9 Å². The fraction of sp³-hybridized carbons (Fsp3) is 0.348. The normalized spacial score (nSPS) is 15.5. The van der Waals surface area contributed by atoms with Crippen LogP contribution in [-0.2, 0) is 19.5 Å². The van der Waals surface area contributed by atoms with Crippen molar-refractivity contribution in [1.82, 2.24) is 19.7 Å². The fourth-order valence-electron chi connectivity index (χ4n) is 3.83. The number of nitrogens with zero attached hydrogens (tertiary/aromatic N) is 3. The number of para-hydroxylation sites is 2. The molecule has 2 N–H and O–H groups in total. The maximum atomic E-state index is 13.1. The Morgan fingerprint density at radius 3 is 2.75 bits per heavy atom. The third-order valence-corrected chi connectivity index (χ3v) is 5.43. The second-order valence-corrected chi connectivity index (χ2v) is 7.69. The second-order valence-electron chi connectivity index (χ2n) is 7.69. The molecule has 1 atom stereocenters. The van der Waals surface area contributed by atoms with Gasteiger partial charge in [0, 0.05) is 19.0 Å². The summed E-state index contributed by atoms with van der Waals surface area (Å²) in [4.78, 5) is 25.3. The average Bonchev–Trinajstić information content (AvgIpc) is 2.93. The molecule has 1 aliphatic heterocycles. The lowest BCUT2D eigenvalue weighted by Crippen LogP contribution is -2.38. The van der Waals surface area contributed by atoms with Crippen LogP contribution < -0.4 is 21.1 Å². The highest BCUT2D eigenvalue weighted by Crippen LogP contribution is 2.23. The number of aryl methyl sites for hydroxylation is 1. The molecule has 9 heteroatoms. The Labute approximate surface area is 185 Å². The summed E-state index contributed by atoms with van der Waals surface area (Å²) >= 11 is 0. The van der Waals surface area contributed by atoms with Gasteiger partial charge in [0.15, 0.2) is 0 Å². The van der Waals surface area contributed by atoms with E-state index in [4.69, 9.17) is 4.74 Å². The number of fused-ring (bicyclic) bond motifs is 1. The molecule has 8 nitrogen and oxygen atoms in total. The number of carbonyl (C=O) groups excluding carboxylic acids is 1. The Bertz CT molecular complexity index is 1140. The molecule has 168 valence electrons. The predicted octanol–water partition coefficient (Wildman–Crippen LogP) is 3.16. The van der Waals surface area contributed by atoms with Gasteiger partial charge < -0.3 is 15.4 Å². The number of hydrogen-bond donors (Lipinski definition) is 2. The van der Waals surface area contributed by atoms with E-state index in [9.17, 15) is 14.0 Å². The van der Waals surface area contributed by atoms with Crippen molar-refractivity contribution in [3.05, 3.63) is 76.2 Å². The van der Waals surface area contributed by atoms with Gasteiger partial charge in [-0.25, -0.2) is 18.7 Å². The number of hydrogen-bond acceptors (Lipinski definition) is 4. The van der Waals surface area contributed by atoms with E-state index in [0.29, 0.717) is 56.2 Å². The van der Waals surface area contributed by atoms with Gasteiger partial charge in [0.05, 0.1) is 18.8 Å². The maximum Gasteiger partial charge on any atom is 0.346 e. The lowest BCUT2D eigenvalue weighted by molar-refractivity contribution is 0.246. The molecule has 3 aromatic rings. The van der Waals surface area contributed by atoms with Crippen LogP contribution in [0.15, 0.2) is 53.3 Å². The summed E-state index contributed by atoms with van der Waals surface area (Å²) < 4.78 is 21.7. The second kappa shape index (κ2) is 9.67. The SMILES string of the molecule is CCOc1ccccc1NC(=O)NC1CCc2nn(Cc3ccc(F)cc3)c(=O)n2CC1. The number of urea groups is 1. The van der Waals surface area contributed by atoms with Crippen LogP contribution in [0.1, 0.15) is 31.2 Å². The van der Waals surface area contributed by atoms with Crippen molar-refractivity contribution >= 4 is 11.7 Å². The highest BCUT2D eigenvalue weighted by molar-refractivity contribution is 5.91. The molecular formula is C23H26FN5O3. The quantitative estimate of drug-likeness (QED) is 0.617. The number of halogens is 1. The van der Waals surface area contributed by atoms with E-state index in [1.165, 1.54) is 16.8 Å². The van der Waals surface area contributed by atoms with Crippen LogP contribution in [0.5, 0.6) is 5.75 Å². The standard InChI is InChI=1S/C23H26FN5O3/c1-2-32-20-6-4-3-5-19(20)26-22(30)25-18-11-12-21-27-29(23(31)28(21)14-13-18)15-16-7-9-17(24)10-8-16/h3-10,18H,2,11-15H2,1H3,(H2,25,26,30). The molecule has 1 unspecified atom stereocenters. The number of rotatable bonds is 6. The van der Waals surface area contributed by atoms with Gasteiger partial charge in [-0.2, -0.15) is 5.10 Å². The summed E-state index contributed by atoms with van der Waals surface area (Å²) in [5.74, 6) is 1.00. The first-order valence-electron chi connectivity index (χ1n) is 10.7. The van der Waals surface area contributed by atoms with Gasteiger partial charge >= 0.3 is 11.7 Å². The maximum absolute atomic E-state index is 13.1. The van der Waals surface area contributed by atoms with Crippen molar-refractivity contribution in [2.24, 2.45) is 0 Å². The zero-order valence-corrected chi connectivity index (χ0v) is 17.9. The molecule has 0 radical (unpaired) electrons. The first kappa shape index (κ1) is 21.6. The summed E-state index contributed by atoms with van der Waals surface area (Å²) in [6.07, 6.45) is 1.87. The minimum Gasteiger partial charge on any atom is -0.492 e. The van der Waals surface area contributed by atoms with Gasteiger partial charge in [0.1, 0.15) is 17.4 Å². The largest absolute Gasteiger partial charge is 0.492 e. The van der Waals surface area contributed by atoms with Crippen molar-refractivity contribution in [2.45, 2.75) is 45.3 Å². The van der Waals surface area contributed by atoms with Gasteiger partial charge in [-0.3, -0.25) is 4.57 Å². The number of benzene rings is 2. The number of aromatic nitrogens is 3. The van der Waals surface area contributed by atoms with E-state index in [-0.39, 0.29) is 23.6 Å². The molecule has 32 heavy (non-hydrogen) atoms. The molecule has 1 aromatic heterocycles. The highest BCUT2D eigenvalue weighted by atomic mass is 19.1. The molecule has 1 aliphatic rings. The van der Waals surface area contributed by atoms with Crippen LogP contribution in [0.4, 0.5) is 14.9 Å². The number of anilines is 1. The molecule has 0 aliphatic carbocycles. The average molecular weight is 439 g/mol. The Balaban J connectivity index is 1.37. The first-order valence-corrected chi connectivity index (χ1v) is 10.7. The molecule has 0 saturated carbocycles. The highest BCUT2D eigenvalue weighted by Gasteiger charge is 2.22. The van der Waals surface area contributed by atoms with E-state index in [1.54, 1.807) is 28.8 Å². The molecule has 2 heterocycles. The number of ether oxygens (including phenoxy) is 1. The summed E-state index contributed by atoms with van der Waals surface area (Å²) in [5, 5.41) is 10.3. The number of amides is 2. The van der Waals surface area contributed by atoms with Crippen LogP contribution >= 0.6 is 0 Å². The molecule has 4 rings (SSSR count). The van der Waals surface area contributed by atoms with Crippen molar-refractivity contribution < 1.29 is 13.9 Å². The third-order valence-electron chi connectivity index (χ3n) is 5.43. The monoisotopic (exact) mass is 439 g/mol. The van der Waals surface area contributed by atoms with Crippen LogP contribution in [0, 0.1) is 5.82 Å². The Hall–Kier alpha value is -3.62. The Morgan fingerprint density at radius 1 is 1.19 bits per heavy atom. The van der Waals surface area contributed by atoms with Crippen molar-refractivity contribution in [1.29, 1.82) is 0 Å². The van der Waals surface area contributed by atoms with E-state index < -0.39 is 0 Å². The van der Waals surface area contributed by atoms with Gasteiger partial charge in [0.2, 0.25) is 0 Å². The molecular weight excluding hydrogens is 413 g/mol. The lowest BCUT2D eigenvalue weighted by atomic mass is 10.1. The Kier molecular flexibility index (Phi) is 6.53. The van der Waals surface area contributed by atoms with Crippen LogP contribution in [-0.4, -0.2) is 33.0 Å². The fourth-order valence-corrected chi connectivity index (χ4v) is 3.83. The van der Waals surface area contributed by atoms with Gasteiger partial charge in [-0.05, 0) is 49.6 Å². The predicted molar refractivity (Wildman–Crippen MR) is 118 cm³/mol. The van der Waals surface area contributed by atoms with E-state index in [1.807, 2.05) is 19.1 Å². The van der Waals surface area contributed by atoms with Crippen molar-refractivity contribution in [3.63, 3.8) is 0 Å². The van der Waals surface area contributed by atoms with Crippen LogP contribution in [0.25, 0.3) is 0 Å². The zero-order chi connectivity index (χ0) is 22.5. The van der Waals surface area contributed by atoms with Gasteiger partial charge in [-0.1, -0.05) is 24.3 Å². The van der Waals surface area contributed by atoms with E-state index >= 15 is 0 Å². The van der Waals surface area contributed by atoms with Crippen LogP contribution in [0.3, 0.4) is 0 Å². The Morgan fingerprint density at radius 2 is 1.97 bits per heavy atom. The smallest absolute Gasteiger partial charge is 0.346 e. The summed E-state index contributed by atoms with van der Waals surface area (Å²) in [5.41, 5.74) is 1.22. The van der Waals surface area contributed by atoms with Gasteiger partial charge in [-0.15, -0.1) is 0 Å². The molecule has 0 fully saturated rings. The molecule has 0 saturated heterocycles. The summed E-state index contributed by atoms with van der Waals surface area (Å²) in [6, 6.07) is 12.9. The molecule has 2 aromatic carbocycles. The van der Waals surface area contributed by atoms with Crippen molar-refractivity contribution in [3.8, 4) is 5.75 Å². The van der Waals surface area contributed by atoms with E-state index in [2.05, 4.69) is 15.7 Å². The van der Waals surface area contributed by atoms with Crippen LogP contribution in [0.2, 0.25) is 0 Å². The molecule has 0 spiro atoms. The minimum atomic E-state index is -0.314.